The van der Waals surface area contributed by atoms with Gasteiger partial charge in [0, 0.05) is 32.3 Å². The molecular weight excluding hydrogens is 745 g/mol. The molecule has 15 heteroatoms. The van der Waals surface area contributed by atoms with Gasteiger partial charge in [0.2, 0.25) is 7.44 Å². The van der Waals surface area contributed by atoms with Crippen molar-refractivity contribution in [3.05, 3.63) is 131 Å². The van der Waals surface area contributed by atoms with Crippen LogP contribution in [0.4, 0.5) is 0 Å². The molecule has 0 aliphatic rings. The molecule has 0 aliphatic carbocycles. The summed E-state index contributed by atoms with van der Waals surface area (Å²) in [5.74, 6) is -1.11. The molecule has 3 aromatic carbocycles. The predicted molar refractivity (Wildman–Crippen MR) is 220 cm³/mol. The van der Waals surface area contributed by atoms with E-state index in [1.165, 1.54) is 6.33 Å². The molecule has 304 valence electrons. The van der Waals surface area contributed by atoms with Crippen LogP contribution in [0.2, 0.25) is 0 Å². The molecule has 0 amide bonds. The van der Waals surface area contributed by atoms with Gasteiger partial charge < -0.3 is 23.8 Å². The Balaban J connectivity index is 1.43. The van der Waals surface area contributed by atoms with Crippen molar-refractivity contribution in [1.29, 1.82) is 0 Å². The van der Waals surface area contributed by atoms with Gasteiger partial charge in [-0.05, 0) is 57.2 Å². The molecule has 2 aromatic heterocycles. The molecule has 0 bridgehead atoms. The first-order valence-electron chi connectivity index (χ1n) is 19.3. The number of fused-ring (bicyclic) bond motifs is 1. The largest absolute Gasteiger partial charge is 0.462 e. The molecule has 0 fully saturated rings. The summed E-state index contributed by atoms with van der Waals surface area (Å²) in [6.45, 7) is 9.48. The van der Waals surface area contributed by atoms with E-state index in [1.807, 2.05) is 91.0 Å². The maximum Gasteiger partial charge on any atom is 0.324 e. The number of esters is 2. The second-order valence-electron chi connectivity index (χ2n) is 14.4. The van der Waals surface area contributed by atoms with Crippen molar-refractivity contribution in [1.82, 2.24) is 34.6 Å². The minimum absolute atomic E-state index is 0.0226. The summed E-state index contributed by atoms with van der Waals surface area (Å²) in [6.07, 6.45) is 2.53. The Hall–Kier alpha value is -4.98. The number of hydrogen-bond acceptors (Lipinski definition) is 10. The number of benzene rings is 3. The molecular formula is C42H54N7O7P. The highest BCUT2D eigenvalue weighted by Crippen LogP contribution is 2.39. The van der Waals surface area contributed by atoms with Gasteiger partial charge in [0.05, 0.1) is 38.1 Å². The topological polar surface area (TPSA) is 170 Å². The fourth-order valence-corrected chi connectivity index (χ4v) is 8.54. The number of nitrogens with zero attached hydrogens (tertiary/aromatic N) is 4. The van der Waals surface area contributed by atoms with Crippen molar-refractivity contribution in [3.63, 3.8) is 0 Å². The Morgan fingerprint density at radius 1 is 0.754 bits per heavy atom. The molecule has 5 aromatic rings. The van der Waals surface area contributed by atoms with E-state index < -0.39 is 43.7 Å². The Morgan fingerprint density at radius 2 is 1.28 bits per heavy atom. The smallest absolute Gasteiger partial charge is 0.324 e. The lowest BCUT2D eigenvalue weighted by Crippen LogP contribution is -2.48. The van der Waals surface area contributed by atoms with Crippen LogP contribution >= 0.6 is 7.44 Å². The third kappa shape index (κ3) is 13.9. The van der Waals surface area contributed by atoms with E-state index >= 15 is 4.57 Å². The number of carbonyl (C=O) groups excluding carboxylic acids is 2. The zero-order valence-corrected chi connectivity index (χ0v) is 34.0. The number of hydrogen-bond donors (Lipinski definition) is 3. The maximum absolute atomic E-state index is 15.5. The van der Waals surface area contributed by atoms with Crippen LogP contribution in [0.1, 0.15) is 44.4 Å². The van der Waals surface area contributed by atoms with Crippen LogP contribution in [-0.4, -0.2) is 93.1 Å². The molecule has 2 atom stereocenters. The minimum Gasteiger partial charge on any atom is -0.462 e. The van der Waals surface area contributed by atoms with E-state index in [9.17, 15) is 14.4 Å². The van der Waals surface area contributed by atoms with Crippen LogP contribution in [0.25, 0.3) is 11.2 Å². The molecule has 14 nitrogen and oxygen atoms in total. The van der Waals surface area contributed by atoms with Crippen molar-refractivity contribution in [2.24, 2.45) is 0 Å². The van der Waals surface area contributed by atoms with Gasteiger partial charge in [-0.3, -0.25) is 23.8 Å². The molecule has 3 N–H and O–H groups in total. The lowest BCUT2D eigenvalue weighted by atomic mass is 10.1. The number of ether oxygens (including phenoxy) is 3. The van der Waals surface area contributed by atoms with Gasteiger partial charge in [-0.25, -0.2) is 20.1 Å². The van der Waals surface area contributed by atoms with Crippen molar-refractivity contribution in [2.45, 2.75) is 78.0 Å². The number of imidazole rings is 1. The van der Waals surface area contributed by atoms with Crippen LogP contribution in [0.15, 0.2) is 108 Å². The Labute approximate surface area is 333 Å². The summed E-state index contributed by atoms with van der Waals surface area (Å²) < 4.78 is 34.7. The van der Waals surface area contributed by atoms with Crippen LogP contribution in [0.5, 0.6) is 0 Å². The quantitative estimate of drug-likeness (QED) is 0.0453. The van der Waals surface area contributed by atoms with E-state index in [0.29, 0.717) is 38.5 Å². The zero-order valence-electron chi connectivity index (χ0n) is 33.1. The second kappa shape index (κ2) is 21.5. The molecule has 5 rings (SSSR count). The maximum atomic E-state index is 15.5. The average molecular weight is 800 g/mol. The SMILES string of the molecule is CC(C)OC(=O)[C@H](Cc1ccccc1)NP(=O)(CCN(CCOCc1ccccc1)CCn1cnc2c(=O)[nH]cnc21)N[C@@H](Cc1ccccc1)C(=O)OC(C)C. The third-order valence-corrected chi connectivity index (χ3v) is 11.3. The van der Waals surface area contributed by atoms with Gasteiger partial charge in [-0.15, -0.1) is 0 Å². The highest BCUT2D eigenvalue weighted by Gasteiger charge is 2.36. The van der Waals surface area contributed by atoms with Crippen molar-refractivity contribution in [3.8, 4) is 0 Å². The summed E-state index contributed by atoms with van der Waals surface area (Å²) >= 11 is 0. The van der Waals surface area contributed by atoms with Crippen LogP contribution in [-0.2, 0) is 54.4 Å². The van der Waals surface area contributed by atoms with Gasteiger partial charge in [0.15, 0.2) is 11.2 Å². The van der Waals surface area contributed by atoms with Gasteiger partial charge in [-0.1, -0.05) is 91.0 Å². The first-order chi connectivity index (χ1) is 27.5. The molecule has 0 spiro atoms. The van der Waals surface area contributed by atoms with Crippen LogP contribution in [0, 0.1) is 0 Å². The van der Waals surface area contributed by atoms with Gasteiger partial charge in [-0.2, -0.15) is 0 Å². The molecule has 2 heterocycles. The summed E-state index contributed by atoms with van der Waals surface area (Å²) in [4.78, 5) is 53.0. The standard InChI is InChI=1S/C42H54N7O7P/c1-31(2)55-41(51)36(26-33-14-8-5-9-15-33)46-57(53,47-37(42(52)56-32(3)4)27-34-16-10-6-11-17-34)25-23-48(22-24-54-28-35-18-12-7-13-19-35)20-21-49-30-45-38-39(49)43-29-44-40(38)50/h5-19,29-32,36-37H,20-28H2,1-4H3,(H,43,44,50)(H2,46,47,53)/t36-,37-/m0/s1. The zero-order chi connectivity index (χ0) is 40.6. The van der Waals surface area contributed by atoms with Gasteiger partial charge in [0.25, 0.3) is 5.56 Å². The average Bonchev–Trinajstić information content (AvgIpc) is 3.61. The highest BCUT2D eigenvalue weighted by atomic mass is 31.2. The summed E-state index contributed by atoms with van der Waals surface area (Å²) in [7, 11) is -3.83. The minimum atomic E-state index is -3.83. The summed E-state index contributed by atoms with van der Waals surface area (Å²) in [5.41, 5.74) is 3.10. The number of carbonyl (C=O) groups is 2. The Kier molecular flexibility index (Phi) is 16.3. The normalized spacial score (nSPS) is 13.0. The predicted octanol–water partition coefficient (Wildman–Crippen LogP) is 5.14. The summed E-state index contributed by atoms with van der Waals surface area (Å²) in [6, 6.07) is 26.7. The van der Waals surface area contributed by atoms with E-state index in [1.54, 1.807) is 38.6 Å². The monoisotopic (exact) mass is 799 g/mol. The van der Waals surface area contributed by atoms with Crippen LogP contribution < -0.4 is 15.7 Å². The lowest BCUT2D eigenvalue weighted by Gasteiger charge is -2.32. The number of aromatic amines is 1. The molecule has 0 saturated heterocycles. The molecule has 0 radical (unpaired) electrons. The molecule has 0 saturated carbocycles. The molecule has 57 heavy (non-hydrogen) atoms. The Bertz CT molecular complexity index is 2020. The van der Waals surface area contributed by atoms with E-state index in [-0.39, 0.29) is 36.6 Å². The van der Waals surface area contributed by atoms with E-state index in [0.717, 1.165) is 16.7 Å². The van der Waals surface area contributed by atoms with Gasteiger partial charge in [0.1, 0.15) is 12.1 Å². The third-order valence-electron chi connectivity index (χ3n) is 9.03. The van der Waals surface area contributed by atoms with E-state index in [2.05, 4.69) is 30.0 Å². The first kappa shape index (κ1) is 43.1. The first-order valence-corrected chi connectivity index (χ1v) is 21.2. The summed E-state index contributed by atoms with van der Waals surface area (Å²) in [5, 5.41) is 6.39. The van der Waals surface area contributed by atoms with Crippen molar-refractivity contribution < 1.29 is 28.4 Å². The van der Waals surface area contributed by atoms with Crippen LogP contribution in [0.3, 0.4) is 0 Å². The Morgan fingerprint density at radius 3 is 1.81 bits per heavy atom. The van der Waals surface area contributed by atoms with Crippen molar-refractivity contribution >= 4 is 30.5 Å². The number of H-pyrrole nitrogens is 1. The fourth-order valence-electron chi connectivity index (χ4n) is 6.24. The van der Waals surface area contributed by atoms with E-state index in [4.69, 9.17) is 14.2 Å². The second-order valence-corrected chi connectivity index (χ2v) is 16.8. The number of nitrogens with one attached hydrogen (secondary N) is 3. The highest BCUT2D eigenvalue weighted by molar-refractivity contribution is 7.60. The number of rotatable bonds is 23. The molecule has 0 unspecified atom stereocenters. The lowest BCUT2D eigenvalue weighted by molar-refractivity contribution is -0.150. The van der Waals surface area contributed by atoms with Crippen molar-refractivity contribution in [2.75, 3.05) is 32.4 Å². The number of aromatic nitrogens is 4. The molecule has 0 aliphatic heterocycles. The van der Waals surface area contributed by atoms with Gasteiger partial charge >= 0.3 is 11.9 Å². The fraction of sp³-hybridized carbons (Fsp3) is 0.405.